The van der Waals surface area contributed by atoms with E-state index in [2.05, 4.69) is 15.3 Å². The summed E-state index contributed by atoms with van der Waals surface area (Å²) >= 11 is 6.91. The van der Waals surface area contributed by atoms with Gasteiger partial charge in [0.2, 0.25) is 5.91 Å². The number of halogens is 4. The van der Waals surface area contributed by atoms with Gasteiger partial charge in [-0.15, -0.1) is 0 Å². The zero-order valence-corrected chi connectivity index (χ0v) is 17.1. The maximum absolute atomic E-state index is 13.0. The third-order valence-corrected chi connectivity index (χ3v) is 5.33. The van der Waals surface area contributed by atoms with Crippen LogP contribution in [0.25, 0.3) is 0 Å². The molecule has 0 saturated carbocycles. The number of hydrogen-bond donors (Lipinski definition) is 1. The van der Waals surface area contributed by atoms with E-state index in [0.29, 0.717) is 22.0 Å². The minimum absolute atomic E-state index is 0.165. The summed E-state index contributed by atoms with van der Waals surface area (Å²) in [7, 11) is 1.47. The van der Waals surface area contributed by atoms with Crippen molar-refractivity contribution in [1.82, 2.24) is 9.97 Å². The van der Waals surface area contributed by atoms with Crippen molar-refractivity contribution in [3.63, 3.8) is 0 Å². The monoisotopic (exact) mass is 453 g/mol. The van der Waals surface area contributed by atoms with Gasteiger partial charge in [-0.1, -0.05) is 53.7 Å². The minimum Gasteiger partial charge on any atom is -0.495 e. The molecule has 1 unspecified atom stereocenters. The van der Waals surface area contributed by atoms with Crippen molar-refractivity contribution in [2.45, 2.75) is 16.6 Å². The predicted molar refractivity (Wildman–Crippen MR) is 109 cm³/mol. The van der Waals surface area contributed by atoms with Crippen molar-refractivity contribution < 1.29 is 22.7 Å². The van der Waals surface area contributed by atoms with Crippen LogP contribution in [-0.4, -0.2) is 23.0 Å². The fraction of sp³-hybridized carbons (Fsp3) is 0.150. The highest BCUT2D eigenvalue weighted by atomic mass is 35.5. The summed E-state index contributed by atoms with van der Waals surface area (Å²) in [5.74, 6) is -0.0190. The average molecular weight is 454 g/mol. The number of nitrogens with zero attached hydrogens (tertiary/aromatic N) is 2. The fourth-order valence-corrected chi connectivity index (χ4v) is 3.71. The van der Waals surface area contributed by atoms with Gasteiger partial charge in [-0.05, 0) is 29.8 Å². The zero-order valence-electron chi connectivity index (χ0n) is 15.5. The fourth-order valence-electron chi connectivity index (χ4n) is 2.51. The van der Waals surface area contributed by atoms with E-state index < -0.39 is 23.0 Å². The molecule has 10 heteroatoms. The Labute approximate surface area is 179 Å². The van der Waals surface area contributed by atoms with Crippen LogP contribution in [0.5, 0.6) is 5.75 Å². The summed E-state index contributed by atoms with van der Waals surface area (Å²) < 4.78 is 44.0. The molecule has 0 spiro atoms. The van der Waals surface area contributed by atoms with Gasteiger partial charge in [0.25, 0.3) is 0 Å². The van der Waals surface area contributed by atoms with Gasteiger partial charge in [-0.2, -0.15) is 13.2 Å². The Bertz CT molecular complexity index is 1040. The van der Waals surface area contributed by atoms with Gasteiger partial charge in [-0.3, -0.25) is 4.79 Å². The van der Waals surface area contributed by atoms with Gasteiger partial charge in [0, 0.05) is 11.9 Å². The first-order valence-electron chi connectivity index (χ1n) is 8.54. The standard InChI is InChI=1S/C20H15ClF3N3O2S/c1-29-15-8-7-13(11-14(15)21)26-18(28)17(12-5-3-2-4-6-12)30-19-25-10-9-16(27-19)20(22,23)24/h2-11,17H,1H3,(H,26,28). The van der Waals surface area contributed by atoms with E-state index in [1.807, 2.05) is 0 Å². The highest BCUT2D eigenvalue weighted by Crippen LogP contribution is 2.36. The van der Waals surface area contributed by atoms with E-state index in [4.69, 9.17) is 16.3 Å². The number of carbonyl (C=O) groups excluding carboxylic acids is 1. The van der Waals surface area contributed by atoms with Crippen molar-refractivity contribution in [3.8, 4) is 5.75 Å². The molecule has 0 aliphatic rings. The second-order valence-electron chi connectivity index (χ2n) is 5.97. The number of benzene rings is 2. The summed E-state index contributed by atoms with van der Waals surface area (Å²) in [6.45, 7) is 0. The average Bonchev–Trinajstić information content (AvgIpc) is 2.72. The normalized spacial score (nSPS) is 12.3. The first-order valence-corrected chi connectivity index (χ1v) is 9.80. The lowest BCUT2D eigenvalue weighted by molar-refractivity contribution is -0.141. The van der Waals surface area contributed by atoms with Gasteiger partial charge in [-0.25, -0.2) is 9.97 Å². The smallest absolute Gasteiger partial charge is 0.433 e. The summed E-state index contributed by atoms with van der Waals surface area (Å²) in [4.78, 5) is 20.4. The quantitative estimate of drug-likeness (QED) is 0.387. The lowest BCUT2D eigenvalue weighted by Crippen LogP contribution is -2.19. The van der Waals surface area contributed by atoms with Crippen LogP contribution in [0.1, 0.15) is 16.5 Å². The third kappa shape index (κ3) is 5.43. The topological polar surface area (TPSA) is 64.1 Å². The maximum atomic E-state index is 13.0. The summed E-state index contributed by atoms with van der Waals surface area (Å²) in [6, 6.07) is 14.1. The molecule has 3 rings (SSSR count). The number of hydrogen-bond acceptors (Lipinski definition) is 5. The predicted octanol–water partition coefficient (Wildman–Crippen LogP) is 5.63. The van der Waals surface area contributed by atoms with Gasteiger partial charge in [0.05, 0.1) is 12.1 Å². The molecule has 2 aromatic carbocycles. The van der Waals surface area contributed by atoms with Crippen molar-refractivity contribution in [2.24, 2.45) is 0 Å². The van der Waals surface area contributed by atoms with Crippen LogP contribution in [0.15, 0.2) is 66.0 Å². The van der Waals surface area contributed by atoms with Crippen LogP contribution in [0.2, 0.25) is 5.02 Å². The number of ether oxygens (including phenoxy) is 1. The SMILES string of the molecule is COc1ccc(NC(=O)C(Sc2nccc(C(F)(F)F)n2)c2ccccc2)cc1Cl. The number of anilines is 1. The number of nitrogens with one attached hydrogen (secondary N) is 1. The molecule has 1 heterocycles. The van der Waals surface area contributed by atoms with E-state index in [-0.39, 0.29) is 5.16 Å². The molecule has 0 radical (unpaired) electrons. The molecular formula is C20H15ClF3N3O2S. The second-order valence-corrected chi connectivity index (χ2v) is 7.45. The molecular weight excluding hydrogens is 439 g/mol. The first-order chi connectivity index (χ1) is 14.3. The van der Waals surface area contributed by atoms with Crippen molar-refractivity contribution in [3.05, 3.63) is 77.1 Å². The number of aromatic nitrogens is 2. The second kappa shape index (κ2) is 9.36. The molecule has 3 aromatic rings. The molecule has 1 atom stereocenters. The van der Waals surface area contributed by atoms with Crippen LogP contribution in [0, 0.1) is 0 Å². The van der Waals surface area contributed by atoms with Crippen LogP contribution in [0.3, 0.4) is 0 Å². The zero-order chi connectivity index (χ0) is 21.7. The third-order valence-electron chi connectivity index (χ3n) is 3.91. The highest BCUT2D eigenvalue weighted by Gasteiger charge is 2.33. The van der Waals surface area contributed by atoms with Crippen LogP contribution in [-0.2, 0) is 11.0 Å². The summed E-state index contributed by atoms with van der Waals surface area (Å²) in [6.07, 6.45) is -3.59. The Morgan fingerprint density at radius 1 is 1.17 bits per heavy atom. The van der Waals surface area contributed by atoms with Gasteiger partial charge >= 0.3 is 6.18 Å². The number of alkyl halides is 3. The van der Waals surface area contributed by atoms with Crippen LogP contribution in [0.4, 0.5) is 18.9 Å². The lowest BCUT2D eigenvalue weighted by Gasteiger charge is -2.17. The Hall–Kier alpha value is -2.78. The van der Waals surface area contributed by atoms with Crippen molar-refractivity contribution in [2.75, 3.05) is 12.4 Å². The number of methoxy groups -OCH3 is 1. The maximum Gasteiger partial charge on any atom is 0.433 e. The van der Waals surface area contributed by atoms with Gasteiger partial charge < -0.3 is 10.1 Å². The number of rotatable bonds is 6. The Morgan fingerprint density at radius 2 is 1.90 bits per heavy atom. The van der Waals surface area contributed by atoms with E-state index in [1.54, 1.807) is 42.5 Å². The number of thioether (sulfide) groups is 1. The molecule has 30 heavy (non-hydrogen) atoms. The summed E-state index contributed by atoms with van der Waals surface area (Å²) in [5.41, 5.74) is -0.0768. The molecule has 5 nitrogen and oxygen atoms in total. The molecule has 0 saturated heterocycles. The van der Waals surface area contributed by atoms with E-state index in [0.717, 1.165) is 24.0 Å². The van der Waals surface area contributed by atoms with Crippen LogP contribution >= 0.6 is 23.4 Å². The summed E-state index contributed by atoms with van der Waals surface area (Å²) in [5, 5.41) is 1.97. The number of carbonyl (C=O) groups is 1. The highest BCUT2D eigenvalue weighted by molar-refractivity contribution is 8.00. The Balaban J connectivity index is 1.88. The van der Waals surface area contributed by atoms with E-state index >= 15 is 0 Å². The molecule has 1 amide bonds. The first kappa shape index (κ1) is 21.9. The van der Waals surface area contributed by atoms with E-state index in [9.17, 15) is 18.0 Å². The molecule has 0 aliphatic heterocycles. The Morgan fingerprint density at radius 3 is 2.53 bits per heavy atom. The van der Waals surface area contributed by atoms with Gasteiger partial charge in [0.15, 0.2) is 5.16 Å². The molecule has 156 valence electrons. The van der Waals surface area contributed by atoms with Crippen molar-refractivity contribution in [1.29, 1.82) is 0 Å². The van der Waals surface area contributed by atoms with Crippen molar-refractivity contribution >= 4 is 35.0 Å². The van der Waals surface area contributed by atoms with Gasteiger partial charge in [0.1, 0.15) is 16.7 Å². The lowest BCUT2D eigenvalue weighted by atomic mass is 10.1. The molecule has 0 fully saturated rings. The Kier molecular flexibility index (Phi) is 6.84. The molecule has 1 aromatic heterocycles. The molecule has 1 N–H and O–H groups in total. The van der Waals surface area contributed by atoms with Crippen LogP contribution < -0.4 is 10.1 Å². The molecule has 0 bridgehead atoms. The number of amides is 1. The minimum atomic E-state index is -4.61. The molecule has 0 aliphatic carbocycles. The largest absolute Gasteiger partial charge is 0.495 e. The van der Waals surface area contributed by atoms with E-state index in [1.165, 1.54) is 13.2 Å².